The van der Waals surface area contributed by atoms with Crippen LogP contribution in [-0.2, 0) is 0 Å². The van der Waals surface area contributed by atoms with Crippen molar-refractivity contribution < 1.29 is 14.6 Å². The summed E-state index contributed by atoms with van der Waals surface area (Å²) in [5.74, 6) is 1.63. The van der Waals surface area contributed by atoms with E-state index < -0.39 is 0 Å². The van der Waals surface area contributed by atoms with Gasteiger partial charge in [-0.25, -0.2) is 0 Å². The molecule has 0 aliphatic carbocycles. The third-order valence-corrected chi connectivity index (χ3v) is 3.48. The van der Waals surface area contributed by atoms with Gasteiger partial charge in [-0.1, -0.05) is 19.1 Å². The Kier molecular flexibility index (Phi) is 6.10. The van der Waals surface area contributed by atoms with Gasteiger partial charge in [-0.15, -0.1) is 0 Å². The summed E-state index contributed by atoms with van der Waals surface area (Å²) in [5.41, 5.74) is 2.27. The van der Waals surface area contributed by atoms with Crippen molar-refractivity contribution >= 4 is 5.69 Å². The van der Waals surface area contributed by atoms with Crippen LogP contribution in [0.15, 0.2) is 48.5 Å². The van der Waals surface area contributed by atoms with Gasteiger partial charge in [0.1, 0.15) is 18.1 Å². The number of ether oxygens (including phenoxy) is 2. The minimum atomic E-state index is 0.0232. The summed E-state index contributed by atoms with van der Waals surface area (Å²) in [7, 11) is 1.67. The molecule has 4 heteroatoms. The van der Waals surface area contributed by atoms with Crippen molar-refractivity contribution in [3.8, 4) is 11.5 Å². The topological polar surface area (TPSA) is 50.7 Å². The third kappa shape index (κ3) is 4.40. The van der Waals surface area contributed by atoms with Crippen LogP contribution in [0.5, 0.6) is 11.5 Å². The van der Waals surface area contributed by atoms with Gasteiger partial charge >= 0.3 is 0 Å². The lowest BCUT2D eigenvalue weighted by Gasteiger charge is -2.19. The number of aliphatic hydroxyl groups is 1. The van der Waals surface area contributed by atoms with Crippen molar-refractivity contribution in [2.45, 2.75) is 19.4 Å². The summed E-state index contributed by atoms with van der Waals surface area (Å²) in [6, 6.07) is 16.1. The number of rotatable bonds is 8. The number of methoxy groups -OCH3 is 1. The second-order valence-corrected chi connectivity index (χ2v) is 4.97. The van der Waals surface area contributed by atoms with Gasteiger partial charge in [0.2, 0.25) is 0 Å². The maximum absolute atomic E-state index is 8.75. The minimum absolute atomic E-state index is 0.0232. The van der Waals surface area contributed by atoms with E-state index in [0.717, 1.165) is 23.6 Å². The van der Waals surface area contributed by atoms with Gasteiger partial charge in [0.15, 0.2) is 0 Å². The molecule has 2 aromatic rings. The molecule has 0 bridgehead atoms. The van der Waals surface area contributed by atoms with Crippen LogP contribution in [0.1, 0.15) is 24.9 Å². The molecule has 2 N–H and O–H groups in total. The minimum Gasteiger partial charge on any atom is -0.497 e. The van der Waals surface area contributed by atoms with Crippen LogP contribution in [0.3, 0.4) is 0 Å². The highest BCUT2D eigenvalue weighted by Gasteiger charge is 2.09. The van der Waals surface area contributed by atoms with Crippen molar-refractivity contribution in [3.63, 3.8) is 0 Å². The molecule has 1 atom stereocenters. The fourth-order valence-corrected chi connectivity index (χ4v) is 2.27. The summed E-state index contributed by atoms with van der Waals surface area (Å²) >= 11 is 0. The molecule has 2 rings (SSSR count). The third-order valence-electron chi connectivity index (χ3n) is 3.48. The lowest BCUT2D eigenvalue weighted by molar-refractivity contribution is 0.201. The number of benzene rings is 2. The first-order valence-corrected chi connectivity index (χ1v) is 7.51. The number of anilines is 1. The molecule has 4 nitrogen and oxygen atoms in total. The summed E-state index contributed by atoms with van der Waals surface area (Å²) < 4.78 is 10.6. The highest BCUT2D eigenvalue weighted by atomic mass is 16.5. The second kappa shape index (κ2) is 8.29. The average Bonchev–Trinajstić information content (AvgIpc) is 2.59. The van der Waals surface area contributed by atoms with Crippen molar-refractivity contribution in [2.75, 3.05) is 25.6 Å². The van der Waals surface area contributed by atoms with Crippen LogP contribution in [0.2, 0.25) is 0 Å². The molecular weight excluding hydrogens is 278 g/mol. The van der Waals surface area contributed by atoms with E-state index in [1.165, 1.54) is 5.56 Å². The molecule has 0 amide bonds. The van der Waals surface area contributed by atoms with Crippen LogP contribution in [-0.4, -0.2) is 25.4 Å². The van der Waals surface area contributed by atoms with E-state index in [2.05, 4.69) is 24.4 Å². The molecule has 0 heterocycles. The summed E-state index contributed by atoms with van der Waals surface area (Å²) in [6.45, 7) is 2.49. The first-order valence-electron chi connectivity index (χ1n) is 7.51. The summed E-state index contributed by atoms with van der Waals surface area (Å²) in [5, 5.41) is 12.3. The molecule has 0 fully saturated rings. The molecule has 0 aliphatic rings. The monoisotopic (exact) mass is 301 g/mol. The molecule has 0 spiro atoms. The van der Waals surface area contributed by atoms with Crippen molar-refractivity contribution in [1.82, 2.24) is 0 Å². The predicted molar refractivity (Wildman–Crippen MR) is 88.7 cm³/mol. The van der Waals surface area contributed by atoms with Gasteiger partial charge < -0.3 is 19.9 Å². The van der Waals surface area contributed by atoms with Crippen molar-refractivity contribution in [1.29, 1.82) is 0 Å². The smallest absolute Gasteiger partial charge is 0.119 e. The number of hydrogen-bond acceptors (Lipinski definition) is 4. The summed E-state index contributed by atoms with van der Waals surface area (Å²) in [6.07, 6.45) is 0.981. The standard InChI is InChI=1S/C18H23NO3/c1-3-18(14-4-8-16(21-2)9-5-14)19-15-6-10-17(11-7-15)22-13-12-20/h4-11,18-20H,3,12-13H2,1-2H3. The molecule has 1 unspecified atom stereocenters. The highest BCUT2D eigenvalue weighted by molar-refractivity contribution is 5.48. The Balaban J connectivity index is 2.02. The molecule has 0 radical (unpaired) electrons. The lowest BCUT2D eigenvalue weighted by Crippen LogP contribution is -2.09. The van der Waals surface area contributed by atoms with Crippen LogP contribution in [0.4, 0.5) is 5.69 Å². The highest BCUT2D eigenvalue weighted by Crippen LogP contribution is 2.25. The second-order valence-electron chi connectivity index (χ2n) is 4.97. The Hall–Kier alpha value is -2.20. The fourth-order valence-electron chi connectivity index (χ4n) is 2.27. The van der Waals surface area contributed by atoms with Gasteiger partial charge in [-0.05, 0) is 48.4 Å². The largest absolute Gasteiger partial charge is 0.497 e. The van der Waals surface area contributed by atoms with E-state index in [1.807, 2.05) is 36.4 Å². The van der Waals surface area contributed by atoms with Crippen LogP contribution < -0.4 is 14.8 Å². The van der Waals surface area contributed by atoms with Crippen LogP contribution in [0.25, 0.3) is 0 Å². The Morgan fingerprint density at radius 1 is 1.00 bits per heavy atom. The Labute approximate surface area is 131 Å². The zero-order chi connectivity index (χ0) is 15.8. The van der Waals surface area contributed by atoms with Crippen molar-refractivity contribution in [3.05, 3.63) is 54.1 Å². The molecule has 2 aromatic carbocycles. The fraction of sp³-hybridized carbons (Fsp3) is 0.333. The Bertz CT molecular complexity index is 552. The molecule has 0 aliphatic heterocycles. The van der Waals surface area contributed by atoms with E-state index in [-0.39, 0.29) is 12.6 Å². The molecule has 0 saturated carbocycles. The van der Waals surface area contributed by atoms with Gasteiger partial charge in [-0.2, -0.15) is 0 Å². The molecule has 118 valence electrons. The Morgan fingerprint density at radius 3 is 2.18 bits per heavy atom. The quantitative estimate of drug-likeness (QED) is 0.782. The van der Waals surface area contributed by atoms with E-state index in [1.54, 1.807) is 7.11 Å². The number of aliphatic hydroxyl groups excluding tert-OH is 1. The van der Waals surface area contributed by atoms with Crippen molar-refractivity contribution in [2.24, 2.45) is 0 Å². The van der Waals surface area contributed by atoms with E-state index in [9.17, 15) is 0 Å². The van der Waals surface area contributed by atoms with E-state index in [4.69, 9.17) is 14.6 Å². The zero-order valence-electron chi connectivity index (χ0n) is 13.1. The normalized spacial score (nSPS) is 11.8. The average molecular weight is 301 g/mol. The number of hydrogen-bond donors (Lipinski definition) is 2. The zero-order valence-corrected chi connectivity index (χ0v) is 13.1. The van der Waals surface area contributed by atoms with Gasteiger partial charge in [0.05, 0.1) is 19.8 Å². The van der Waals surface area contributed by atoms with Gasteiger partial charge in [0.25, 0.3) is 0 Å². The first-order chi connectivity index (χ1) is 10.8. The van der Waals surface area contributed by atoms with Gasteiger partial charge in [-0.3, -0.25) is 0 Å². The number of nitrogens with one attached hydrogen (secondary N) is 1. The molecule has 0 aromatic heterocycles. The van der Waals surface area contributed by atoms with Crippen LogP contribution in [0, 0.1) is 0 Å². The maximum atomic E-state index is 8.75. The molecule has 0 saturated heterocycles. The molecular formula is C18H23NO3. The maximum Gasteiger partial charge on any atom is 0.119 e. The first kappa shape index (κ1) is 16.2. The van der Waals surface area contributed by atoms with E-state index >= 15 is 0 Å². The SMILES string of the molecule is CCC(Nc1ccc(OCCO)cc1)c1ccc(OC)cc1. The Morgan fingerprint density at radius 2 is 1.64 bits per heavy atom. The van der Waals surface area contributed by atoms with Gasteiger partial charge in [0, 0.05) is 5.69 Å². The lowest BCUT2D eigenvalue weighted by atomic mass is 10.0. The van der Waals surface area contributed by atoms with Crippen LogP contribution >= 0.6 is 0 Å². The summed E-state index contributed by atoms with van der Waals surface area (Å²) in [4.78, 5) is 0. The molecule has 22 heavy (non-hydrogen) atoms. The predicted octanol–water partition coefficient (Wildman–Crippen LogP) is 3.63. The van der Waals surface area contributed by atoms with E-state index in [0.29, 0.717) is 6.61 Å².